The summed E-state index contributed by atoms with van der Waals surface area (Å²) in [5, 5.41) is 0. The molecular formula is C22H29Cl2N3O. The summed E-state index contributed by atoms with van der Waals surface area (Å²) in [6.07, 6.45) is 2.24. The van der Waals surface area contributed by atoms with E-state index in [2.05, 4.69) is 46.2 Å². The summed E-state index contributed by atoms with van der Waals surface area (Å²) < 4.78 is 0. The van der Waals surface area contributed by atoms with Gasteiger partial charge in [0, 0.05) is 50.5 Å². The number of halogens is 2. The van der Waals surface area contributed by atoms with Gasteiger partial charge in [-0.3, -0.25) is 9.69 Å². The minimum Gasteiger partial charge on any atom is -0.369 e. The molecule has 2 aliphatic rings. The monoisotopic (exact) mass is 421 g/mol. The summed E-state index contributed by atoms with van der Waals surface area (Å²) in [5.74, 6) is 0.206. The summed E-state index contributed by atoms with van der Waals surface area (Å²) >= 11 is 0. The molecule has 0 unspecified atom stereocenters. The lowest BCUT2D eigenvalue weighted by Gasteiger charge is -2.36. The third-order valence-corrected chi connectivity index (χ3v) is 5.54. The van der Waals surface area contributed by atoms with Crippen molar-refractivity contribution in [1.82, 2.24) is 9.80 Å². The topological polar surface area (TPSA) is 26.8 Å². The maximum absolute atomic E-state index is 12.4. The number of benzene rings is 2. The predicted molar refractivity (Wildman–Crippen MR) is 120 cm³/mol. The van der Waals surface area contributed by atoms with E-state index in [1.54, 1.807) is 0 Å². The molecule has 1 amide bonds. The van der Waals surface area contributed by atoms with Crippen molar-refractivity contribution in [3.8, 4) is 0 Å². The van der Waals surface area contributed by atoms with Crippen molar-refractivity contribution in [2.45, 2.75) is 19.4 Å². The number of para-hydroxylation sites is 1. The predicted octanol–water partition coefficient (Wildman–Crippen LogP) is 4.09. The van der Waals surface area contributed by atoms with E-state index < -0.39 is 0 Å². The molecule has 4 rings (SSSR count). The number of amides is 1. The maximum Gasteiger partial charge on any atom is 0.254 e. The molecule has 0 atom stereocenters. The average molecular weight is 422 g/mol. The normalized spacial score (nSPS) is 16.4. The molecule has 1 fully saturated rings. The highest BCUT2D eigenvalue weighted by Crippen LogP contribution is 2.22. The number of rotatable bonds is 6. The van der Waals surface area contributed by atoms with Crippen molar-refractivity contribution < 1.29 is 4.79 Å². The lowest BCUT2D eigenvalue weighted by Crippen LogP contribution is -2.46. The number of fused-ring (bicyclic) bond motifs is 1. The summed E-state index contributed by atoms with van der Waals surface area (Å²) in [4.78, 5) is 19.4. The number of anilines is 1. The van der Waals surface area contributed by atoms with Crippen molar-refractivity contribution in [3.05, 3.63) is 65.7 Å². The molecule has 1 saturated heterocycles. The fraction of sp³-hybridized carbons (Fsp3) is 0.409. The van der Waals surface area contributed by atoms with Crippen LogP contribution in [0.2, 0.25) is 0 Å². The Bertz CT molecular complexity index is 748. The zero-order valence-electron chi connectivity index (χ0n) is 16.1. The minimum atomic E-state index is 0. The molecule has 152 valence electrons. The molecule has 0 spiro atoms. The zero-order chi connectivity index (χ0) is 17.8. The quantitative estimate of drug-likeness (QED) is 0.657. The van der Waals surface area contributed by atoms with Crippen molar-refractivity contribution in [3.63, 3.8) is 0 Å². The summed E-state index contributed by atoms with van der Waals surface area (Å²) in [6, 6.07) is 18.7. The Balaban J connectivity index is 0.00000140. The number of nitrogens with zero attached hydrogens (tertiary/aromatic N) is 3. The van der Waals surface area contributed by atoms with Gasteiger partial charge in [-0.25, -0.2) is 0 Å². The summed E-state index contributed by atoms with van der Waals surface area (Å²) in [6.45, 7) is 7.25. The molecule has 0 radical (unpaired) electrons. The molecular weight excluding hydrogens is 393 g/mol. The Morgan fingerprint density at radius 3 is 2.11 bits per heavy atom. The van der Waals surface area contributed by atoms with Gasteiger partial charge in [0.1, 0.15) is 0 Å². The van der Waals surface area contributed by atoms with Crippen LogP contribution in [0, 0.1) is 0 Å². The molecule has 6 heteroatoms. The average Bonchev–Trinajstić information content (AvgIpc) is 3.02. The first-order chi connectivity index (χ1) is 12.8. The maximum atomic E-state index is 12.4. The fourth-order valence-corrected chi connectivity index (χ4v) is 4.00. The Labute approximate surface area is 180 Å². The second kappa shape index (κ2) is 10.7. The molecule has 0 N–H and O–H groups in total. The van der Waals surface area contributed by atoms with E-state index in [4.69, 9.17) is 0 Å². The Morgan fingerprint density at radius 1 is 0.750 bits per heavy atom. The van der Waals surface area contributed by atoms with Crippen LogP contribution in [0.3, 0.4) is 0 Å². The van der Waals surface area contributed by atoms with E-state index in [-0.39, 0.29) is 30.7 Å². The third kappa shape index (κ3) is 5.19. The van der Waals surface area contributed by atoms with E-state index in [0.717, 1.165) is 64.2 Å². The first-order valence-electron chi connectivity index (χ1n) is 9.71. The van der Waals surface area contributed by atoms with Gasteiger partial charge < -0.3 is 9.80 Å². The summed E-state index contributed by atoms with van der Waals surface area (Å²) in [7, 11) is 0. The van der Waals surface area contributed by atoms with Crippen LogP contribution in [-0.4, -0.2) is 55.0 Å². The molecule has 2 aromatic rings. The van der Waals surface area contributed by atoms with Crippen molar-refractivity contribution >= 4 is 36.4 Å². The molecule has 0 aliphatic carbocycles. The third-order valence-electron chi connectivity index (χ3n) is 5.54. The van der Waals surface area contributed by atoms with Crippen LogP contribution in [0.1, 0.15) is 28.8 Å². The molecule has 0 aromatic heterocycles. The molecule has 28 heavy (non-hydrogen) atoms. The van der Waals surface area contributed by atoms with E-state index in [1.807, 2.05) is 23.1 Å². The van der Waals surface area contributed by atoms with Crippen LogP contribution in [0.25, 0.3) is 0 Å². The van der Waals surface area contributed by atoms with Crippen molar-refractivity contribution in [1.29, 1.82) is 0 Å². The smallest absolute Gasteiger partial charge is 0.254 e. The molecule has 2 aliphatic heterocycles. The van der Waals surface area contributed by atoms with Crippen molar-refractivity contribution in [2.75, 3.05) is 44.2 Å². The van der Waals surface area contributed by atoms with Crippen molar-refractivity contribution in [2.24, 2.45) is 0 Å². The molecule has 2 heterocycles. The van der Waals surface area contributed by atoms with Crippen LogP contribution in [0.5, 0.6) is 0 Å². The molecule has 0 saturated carbocycles. The highest BCUT2D eigenvalue weighted by Gasteiger charge is 2.26. The standard InChI is InChI=1S/C22H27N3O.2ClH/c26-22-21-11-5-4-8-19(21)18-25(22)13-7-6-12-23-14-16-24(17-15-23)20-9-2-1-3-10-20;;/h1-5,8-11H,6-7,12-18H2;2*1H. The molecule has 4 nitrogen and oxygen atoms in total. The summed E-state index contributed by atoms with van der Waals surface area (Å²) in [5.41, 5.74) is 3.40. The van der Waals surface area contributed by atoms with E-state index >= 15 is 0 Å². The number of piperazine rings is 1. The second-order valence-electron chi connectivity index (χ2n) is 7.26. The number of hydrogen-bond donors (Lipinski definition) is 0. The van der Waals surface area contributed by atoms with Crippen LogP contribution in [-0.2, 0) is 6.54 Å². The van der Waals surface area contributed by atoms with Gasteiger partial charge >= 0.3 is 0 Å². The Kier molecular flexibility index (Phi) is 8.61. The van der Waals surface area contributed by atoms with Gasteiger partial charge in [0.2, 0.25) is 0 Å². The first kappa shape index (κ1) is 22.5. The number of hydrogen-bond acceptors (Lipinski definition) is 3. The molecule has 2 aromatic carbocycles. The number of carbonyl (C=O) groups excluding carboxylic acids is 1. The van der Waals surface area contributed by atoms with Crippen LogP contribution < -0.4 is 4.90 Å². The Morgan fingerprint density at radius 2 is 1.39 bits per heavy atom. The van der Waals surface area contributed by atoms with Gasteiger partial charge in [0.05, 0.1) is 0 Å². The second-order valence-corrected chi connectivity index (χ2v) is 7.26. The molecule has 0 bridgehead atoms. The number of unbranched alkanes of at least 4 members (excludes halogenated alkanes) is 1. The number of carbonyl (C=O) groups is 1. The lowest BCUT2D eigenvalue weighted by atomic mass is 10.1. The van der Waals surface area contributed by atoms with Gasteiger partial charge in [0.25, 0.3) is 5.91 Å². The largest absolute Gasteiger partial charge is 0.369 e. The van der Waals surface area contributed by atoms with Gasteiger partial charge in [-0.05, 0) is 43.1 Å². The minimum absolute atomic E-state index is 0. The van der Waals surface area contributed by atoms with E-state index in [1.165, 1.54) is 11.3 Å². The highest BCUT2D eigenvalue weighted by molar-refractivity contribution is 5.98. The van der Waals surface area contributed by atoms with Gasteiger partial charge in [-0.1, -0.05) is 36.4 Å². The first-order valence-corrected chi connectivity index (χ1v) is 9.71. The van der Waals surface area contributed by atoms with Gasteiger partial charge in [0.15, 0.2) is 0 Å². The van der Waals surface area contributed by atoms with Crippen LogP contribution in [0.15, 0.2) is 54.6 Å². The van der Waals surface area contributed by atoms with Gasteiger partial charge in [-0.2, -0.15) is 0 Å². The highest BCUT2D eigenvalue weighted by atomic mass is 35.5. The SMILES string of the molecule is Cl.Cl.O=C1c2ccccc2CN1CCCCN1CCN(c2ccccc2)CC1. The van der Waals surface area contributed by atoms with E-state index in [9.17, 15) is 4.79 Å². The van der Waals surface area contributed by atoms with Gasteiger partial charge in [-0.15, -0.1) is 24.8 Å². The van der Waals surface area contributed by atoms with Crippen LogP contribution >= 0.6 is 24.8 Å². The van der Waals surface area contributed by atoms with Crippen LogP contribution in [0.4, 0.5) is 5.69 Å². The Hall–Kier alpha value is -1.75. The zero-order valence-corrected chi connectivity index (χ0v) is 17.8. The fourth-order valence-electron chi connectivity index (χ4n) is 4.00. The van der Waals surface area contributed by atoms with E-state index in [0.29, 0.717) is 0 Å². The lowest BCUT2D eigenvalue weighted by molar-refractivity contribution is 0.0774.